The lowest BCUT2D eigenvalue weighted by Gasteiger charge is -2.18. The summed E-state index contributed by atoms with van der Waals surface area (Å²) in [6, 6.07) is 3.67. The molecule has 4 heteroatoms. The Morgan fingerprint density at radius 1 is 1.24 bits per heavy atom. The van der Waals surface area contributed by atoms with E-state index in [-0.39, 0.29) is 0 Å². The van der Waals surface area contributed by atoms with E-state index in [4.69, 9.17) is 9.47 Å². The van der Waals surface area contributed by atoms with Gasteiger partial charge in [0.15, 0.2) is 0 Å². The zero-order valence-corrected chi connectivity index (χ0v) is 12.2. The van der Waals surface area contributed by atoms with Crippen LogP contribution in [0.2, 0.25) is 0 Å². The van der Waals surface area contributed by atoms with E-state index >= 15 is 0 Å². The average molecular weight is 303 g/mol. The summed E-state index contributed by atoms with van der Waals surface area (Å²) < 4.78 is 11.3. The molecule has 96 valence electrons. The van der Waals surface area contributed by atoms with E-state index < -0.39 is 6.10 Å². The molecular weight excluding hydrogens is 284 g/mol. The van der Waals surface area contributed by atoms with E-state index in [9.17, 15) is 5.11 Å². The zero-order chi connectivity index (χ0) is 13.0. The number of hydrogen-bond acceptors (Lipinski definition) is 3. The fourth-order valence-electron chi connectivity index (χ4n) is 1.75. The molecule has 0 amide bonds. The van der Waals surface area contributed by atoms with Crippen molar-refractivity contribution in [3.05, 3.63) is 22.2 Å². The van der Waals surface area contributed by atoms with Crippen LogP contribution in [0.15, 0.2) is 16.6 Å². The van der Waals surface area contributed by atoms with Crippen LogP contribution in [0.25, 0.3) is 0 Å². The number of hydrogen-bond donors (Lipinski definition) is 1. The van der Waals surface area contributed by atoms with Crippen LogP contribution < -0.4 is 9.47 Å². The maximum absolute atomic E-state index is 10.1. The van der Waals surface area contributed by atoms with Gasteiger partial charge in [-0.05, 0) is 40.4 Å². The van der Waals surface area contributed by atoms with Gasteiger partial charge in [0.2, 0.25) is 0 Å². The summed E-state index contributed by atoms with van der Waals surface area (Å²) in [4.78, 5) is 0. The maximum Gasteiger partial charge on any atom is 0.142 e. The number of rotatable bonds is 5. The van der Waals surface area contributed by atoms with Crippen molar-refractivity contribution in [2.24, 2.45) is 5.92 Å². The second-order valence-electron chi connectivity index (χ2n) is 4.35. The first-order valence-corrected chi connectivity index (χ1v) is 6.39. The molecule has 0 aromatic heterocycles. The summed E-state index contributed by atoms with van der Waals surface area (Å²) in [7, 11) is 3.19. The van der Waals surface area contributed by atoms with Gasteiger partial charge in [0.1, 0.15) is 16.0 Å². The maximum atomic E-state index is 10.1. The fraction of sp³-hybridized carbons (Fsp3) is 0.538. The van der Waals surface area contributed by atoms with Gasteiger partial charge in [0.25, 0.3) is 0 Å². The van der Waals surface area contributed by atoms with E-state index in [1.54, 1.807) is 14.2 Å². The molecule has 3 nitrogen and oxygen atoms in total. The number of aliphatic hydroxyl groups excluding tert-OH is 1. The topological polar surface area (TPSA) is 38.7 Å². The number of aliphatic hydroxyl groups is 1. The van der Waals surface area contributed by atoms with E-state index in [1.807, 2.05) is 12.1 Å². The Balaban J connectivity index is 3.11. The monoisotopic (exact) mass is 302 g/mol. The predicted molar refractivity (Wildman–Crippen MR) is 71.7 cm³/mol. The first-order valence-electron chi connectivity index (χ1n) is 5.59. The Labute approximate surface area is 111 Å². The highest BCUT2D eigenvalue weighted by molar-refractivity contribution is 9.10. The molecule has 0 aliphatic rings. The average Bonchev–Trinajstić information content (AvgIpc) is 2.27. The van der Waals surface area contributed by atoms with E-state index in [0.29, 0.717) is 23.8 Å². The summed E-state index contributed by atoms with van der Waals surface area (Å²) in [6.45, 7) is 4.16. The standard InChI is InChI=1S/C13H19BrO3/c1-8(2)7-10(15)9-5-6-11(16-3)12(14)13(9)17-4/h5-6,8,10,15H,7H2,1-4H3. The Kier molecular flexibility index (Phi) is 5.28. The van der Waals surface area contributed by atoms with Gasteiger partial charge in [-0.15, -0.1) is 0 Å². The Morgan fingerprint density at radius 2 is 1.88 bits per heavy atom. The molecule has 0 heterocycles. The minimum absolute atomic E-state index is 0.426. The fourth-order valence-corrected chi connectivity index (χ4v) is 2.44. The van der Waals surface area contributed by atoms with Crippen LogP contribution in [-0.2, 0) is 0 Å². The van der Waals surface area contributed by atoms with Crippen LogP contribution in [-0.4, -0.2) is 19.3 Å². The van der Waals surface area contributed by atoms with E-state index in [1.165, 1.54) is 0 Å². The minimum Gasteiger partial charge on any atom is -0.495 e. The van der Waals surface area contributed by atoms with Crippen molar-refractivity contribution >= 4 is 15.9 Å². The van der Waals surface area contributed by atoms with Gasteiger partial charge in [-0.3, -0.25) is 0 Å². The largest absolute Gasteiger partial charge is 0.495 e. The van der Waals surface area contributed by atoms with Crippen LogP contribution in [0.5, 0.6) is 11.5 Å². The van der Waals surface area contributed by atoms with Gasteiger partial charge >= 0.3 is 0 Å². The van der Waals surface area contributed by atoms with Crippen molar-refractivity contribution in [2.45, 2.75) is 26.4 Å². The van der Waals surface area contributed by atoms with E-state index in [2.05, 4.69) is 29.8 Å². The van der Waals surface area contributed by atoms with Crippen molar-refractivity contribution in [3.63, 3.8) is 0 Å². The lowest BCUT2D eigenvalue weighted by atomic mass is 9.99. The van der Waals surface area contributed by atoms with Crippen molar-refractivity contribution in [3.8, 4) is 11.5 Å². The molecule has 0 radical (unpaired) electrons. The molecule has 0 spiro atoms. The minimum atomic E-state index is -0.521. The highest BCUT2D eigenvalue weighted by Gasteiger charge is 2.19. The molecule has 1 N–H and O–H groups in total. The molecule has 0 saturated heterocycles. The van der Waals surface area contributed by atoms with Crippen molar-refractivity contribution in [2.75, 3.05) is 14.2 Å². The molecule has 0 saturated carbocycles. The molecule has 1 aromatic rings. The molecule has 0 aliphatic carbocycles. The lowest BCUT2D eigenvalue weighted by Crippen LogP contribution is -2.05. The van der Waals surface area contributed by atoms with Crippen LogP contribution in [0.1, 0.15) is 31.9 Å². The number of halogens is 1. The quantitative estimate of drug-likeness (QED) is 0.904. The third-order valence-electron chi connectivity index (χ3n) is 2.57. The first-order chi connectivity index (χ1) is 8.01. The van der Waals surface area contributed by atoms with Gasteiger partial charge in [-0.2, -0.15) is 0 Å². The molecule has 1 unspecified atom stereocenters. The first kappa shape index (κ1) is 14.3. The van der Waals surface area contributed by atoms with Crippen LogP contribution in [0, 0.1) is 5.92 Å². The smallest absolute Gasteiger partial charge is 0.142 e. The van der Waals surface area contributed by atoms with Crippen molar-refractivity contribution < 1.29 is 14.6 Å². The summed E-state index contributed by atoms with van der Waals surface area (Å²) in [5.74, 6) is 1.76. The van der Waals surface area contributed by atoms with Crippen molar-refractivity contribution in [1.82, 2.24) is 0 Å². The highest BCUT2D eigenvalue weighted by atomic mass is 79.9. The molecular formula is C13H19BrO3. The third-order valence-corrected chi connectivity index (χ3v) is 3.32. The molecule has 17 heavy (non-hydrogen) atoms. The summed E-state index contributed by atoms with van der Waals surface area (Å²) >= 11 is 3.43. The molecule has 1 atom stereocenters. The third kappa shape index (κ3) is 3.36. The van der Waals surface area contributed by atoms with Crippen LogP contribution >= 0.6 is 15.9 Å². The second kappa shape index (κ2) is 6.26. The van der Waals surface area contributed by atoms with Gasteiger partial charge in [-0.25, -0.2) is 0 Å². The molecule has 0 aliphatic heterocycles. The number of methoxy groups -OCH3 is 2. The van der Waals surface area contributed by atoms with E-state index in [0.717, 1.165) is 10.0 Å². The summed E-state index contributed by atoms with van der Waals surface area (Å²) in [5.41, 5.74) is 0.786. The summed E-state index contributed by atoms with van der Waals surface area (Å²) in [6.07, 6.45) is 0.182. The van der Waals surface area contributed by atoms with Gasteiger partial charge in [-0.1, -0.05) is 13.8 Å². The molecule has 0 bridgehead atoms. The SMILES string of the molecule is COc1ccc(C(O)CC(C)C)c(OC)c1Br. The van der Waals surface area contributed by atoms with Gasteiger partial charge in [0, 0.05) is 5.56 Å². The second-order valence-corrected chi connectivity index (χ2v) is 5.14. The predicted octanol–water partition coefficient (Wildman–Crippen LogP) is 3.55. The molecule has 1 rings (SSSR count). The Bertz CT molecular complexity index is 377. The molecule has 0 fully saturated rings. The normalized spacial score (nSPS) is 12.6. The van der Waals surface area contributed by atoms with Crippen molar-refractivity contribution in [1.29, 1.82) is 0 Å². The number of benzene rings is 1. The van der Waals surface area contributed by atoms with Crippen LogP contribution in [0.4, 0.5) is 0 Å². The van der Waals surface area contributed by atoms with Gasteiger partial charge < -0.3 is 14.6 Å². The van der Waals surface area contributed by atoms with Gasteiger partial charge in [0.05, 0.1) is 20.3 Å². The number of ether oxygens (including phenoxy) is 2. The Morgan fingerprint density at radius 3 is 2.35 bits per heavy atom. The zero-order valence-electron chi connectivity index (χ0n) is 10.7. The molecule has 1 aromatic carbocycles. The highest BCUT2D eigenvalue weighted by Crippen LogP contribution is 2.40. The van der Waals surface area contributed by atoms with Crippen LogP contribution in [0.3, 0.4) is 0 Å². The lowest BCUT2D eigenvalue weighted by molar-refractivity contribution is 0.147. The Hall–Kier alpha value is -0.740. The summed E-state index contributed by atoms with van der Waals surface area (Å²) in [5, 5.41) is 10.1.